The van der Waals surface area contributed by atoms with Crippen molar-refractivity contribution in [2.24, 2.45) is 5.73 Å². The number of carbonyl (C=O) groups is 2. The Bertz CT molecular complexity index is 516. The minimum Gasteiger partial charge on any atom is -0.332 e. The number of nitrogens with zero attached hydrogens (tertiary/aromatic N) is 2. The molecule has 5 nitrogen and oxygen atoms in total. The zero-order chi connectivity index (χ0) is 14.7. The first-order chi connectivity index (χ1) is 9.52. The molecular weight excluding hydrogens is 254 g/mol. The first-order valence-electron chi connectivity index (χ1n) is 6.89. The number of carbonyl (C=O) groups excluding carboxylic acids is 2. The monoisotopic (exact) mass is 275 g/mol. The van der Waals surface area contributed by atoms with Crippen molar-refractivity contribution in [2.45, 2.75) is 19.9 Å². The standard InChI is InChI=1S/C15H21N3O2/c1-3-17-9-15(20)18(10-14(17)19)8-13(16)12-7-5-4-6-11(12)2/h4-7,13H,3,8-10,16H2,1-2H3. The smallest absolute Gasteiger partial charge is 0.242 e. The molecule has 0 spiro atoms. The topological polar surface area (TPSA) is 66.6 Å². The van der Waals surface area contributed by atoms with Crippen molar-refractivity contribution in [1.82, 2.24) is 9.80 Å². The van der Waals surface area contributed by atoms with Crippen LogP contribution >= 0.6 is 0 Å². The second kappa shape index (κ2) is 6.05. The molecule has 1 unspecified atom stereocenters. The maximum Gasteiger partial charge on any atom is 0.242 e. The van der Waals surface area contributed by atoms with Gasteiger partial charge < -0.3 is 15.5 Å². The molecule has 1 atom stereocenters. The highest BCUT2D eigenvalue weighted by Crippen LogP contribution is 2.17. The molecule has 0 saturated carbocycles. The van der Waals surface area contributed by atoms with E-state index in [-0.39, 0.29) is 30.9 Å². The lowest BCUT2D eigenvalue weighted by Gasteiger charge is -2.34. The minimum atomic E-state index is -0.263. The van der Waals surface area contributed by atoms with Gasteiger partial charge >= 0.3 is 0 Å². The van der Waals surface area contributed by atoms with E-state index in [2.05, 4.69) is 0 Å². The number of hydrogen-bond acceptors (Lipinski definition) is 3. The number of hydrogen-bond donors (Lipinski definition) is 1. The molecule has 0 radical (unpaired) electrons. The van der Waals surface area contributed by atoms with Gasteiger partial charge in [-0.3, -0.25) is 9.59 Å². The molecular formula is C15H21N3O2. The average molecular weight is 275 g/mol. The Balaban J connectivity index is 2.05. The number of nitrogens with two attached hydrogens (primary N) is 1. The Morgan fingerprint density at radius 2 is 1.75 bits per heavy atom. The molecule has 2 amide bonds. The maximum absolute atomic E-state index is 12.0. The second-order valence-corrected chi connectivity index (χ2v) is 5.15. The number of benzene rings is 1. The van der Waals surface area contributed by atoms with E-state index < -0.39 is 0 Å². The fraction of sp³-hybridized carbons (Fsp3) is 0.467. The van der Waals surface area contributed by atoms with Gasteiger partial charge in [0.25, 0.3) is 0 Å². The van der Waals surface area contributed by atoms with Crippen molar-refractivity contribution in [2.75, 3.05) is 26.2 Å². The fourth-order valence-electron chi connectivity index (χ4n) is 2.50. The van der Waals surface area contributed by atoms with E-state index in [1.165, 1.54) is 0 Å². The van der Waals surface area contributed by atoms with Crippen LogP contribution in [0.4, 0.5) is 0 Å². The van der Waals surface area contributed by atoms with Crippen LogP contribution in [0.5, 0.6) is 0 Å². The summed E-state index contributed by atoms with van der Waals surface area (Å²) in [6, 6.07) is 7.59. The van der Waals surface area contributed by atoms with Crippen molar-refractivity contribution in [1.29, 1.82) is 0 Å². The van der Waals surface area contributed by atoms with E-state index in [0.29, 0.717) is 13.1 Å². The molecule has 1 saturated heterocycles. The van der Waals surface area contributed by atoms with Gasteiger partial charge in [-0.25, -0.2) is 0 Å². The molecule has 0 aliphatic carbocycles. The highest BCUT2D eigenvalue weighted by atomic mass is 16.2. The summed E-state index contributed by atoms with van der Waals surface area (Å²) >= 11 is 0. The average Bonchev–Trinajstić information content (AvgIpc) is 2.42. The summed E-state index contributed by atoms with van der Waals surface area (Å²) in [5.74, 6) is -0.0421. The van der Waals surface area contributed by atoms with Crippen molar-refractivity contribution in [3.63, 3.8) is 0 Å². The van der Waals surface area contributed by atoms with Gasteiger partial charge in [0.15, 0.2) is 0 Å². The summed E-state index contributed by atoms with van der Waals surface area (Å²) in [5.41, 5.74) is 8.30. The van der Waals surface area contributed by atoms with Crippen LogP contribution in [0.15, 0.2) is 24.3 Å². The van der Waals surface area contributed by atoms with Gasteiger partial charge in [-0.2, -0.15) is 0 Å². The van der Waals surface area contributed by atoms with Crippen molar-refractivity contribution < 1.29 is 9.59 Å². The van der Waals surface area contributed by atoms with Crippen LogP contribution in [0.2, 0.25) is 0 Å². The van der Waals surface area contributed by atoms with E-state index in [0.717, 1.165) is 11.1 Å². The van der Waals surface area contributed by atoms with Crippen LogP contribution in [0.3, 0.4) is 0 Å². The Hall–Kier alpha value is -1.88. The molecule has 1 aromatic rings. The second-order valence-electron chi connectivity index (χ2n) is 5.15. The molecule has 2 N–H and O–H groups in total. The van der Waals surface area contributed by atoms with Gasteiger partial charge in [0.05, 0.1) is 13.1 Å². The molecule has 20 heavy (non-hydrogen) atoms. The van der Waals surface area contributed by atoms with Gasteiger partial charge in [0, 0.05) is 19.1 Å². The molecule has 1 heterocycles. The summed E-state index contributed by atoms with van der Waals surface area (Å²) in [4.78, 5) is 27.0. The van der Waals surface area contributed by atoms with E-state index in [1.807, 2.05) is 38.1 Å². The van der Waals surface area contributed by atoms with Crippen LogP contribution in [0.25, 0.3) is 0 Å². The molecule has 1 aliphatic rings. The Kier molecular flexibility index (Phi) is 4.39. The van der Waals surface area contributed by atoms with Crippen molar-refractivity contribution in [3.8, 4) is 0 Å². The Morgan fingerprint density at radius 1 is 1.15 bits per heavy atom. The molecule has 0 aromatic heterocycles. The fourth-order valence-corrected chi connectivity index (χ4v) is 2.50. The highest BCUT2D eigenvalue weighted by Gasteiger charge is 2.30. The Morgan fingerprint density at radius 3 is 2.40 bits per heavy atom. The van der Waals surface area contributed by atoms with Crippen LogP contribution in [0, 0.1) is 6.92 Å². The van der Waals surface area contributed by atoms with Crippen molar-refractivity contribution in [3.05, 3.63) is 35.4 Å². The van der Waals surface area contributed by atoms with E-state index in [4.69, 9.17) is 5.73 Å². The van der Waals surface area contributed by atoms with Crippen LogP contribution in [-0.4, -0.2) is 47.8 Å². The third-order valence-electron chi connectivity index (χ3n) is 3.74. The van der Waals surface area contributed by atoms with E-state index in [1.54, 1.807) is 9.80 Å². The Labute approximate surface area is 119 Å². The van der Waals surface area contributed by atoms with Gasteiger partial charge in [0.1, 0.15) is 0 Å². The molecule has 1 aromatic carbocycles. The lowest BCUT2D eigenvalue weighted by molar-refractivity contribution is -0.150. The molecule has 1 aliphatic heterocycles. The molecule has 1 fully saturated rings. The zero-order valence-corrected chi connectivity index (χ0v) is 12.0. The molecule has 2 rings (SSSR count). The largest absolute Gasteiger partial charge is 0.332 e. The number of amides is 2. The number of aryl methyl sites for hydroxylation is 1. The van der Waals surface area contributed by atoms with Crippen molar-refractivity contribution >= 4 is 11.8 Å². The van der Waals surface area contributed by atoms with Gasteiger partial charge in [0.2, 0.25) is 11.8 Å². The predicted octanol–water partition coefficient (Wildman–Crippen LogP) is 0.686. The van der Waals surface area contributed by atoms with Gasteiger partial charge in [-0.15, -0.1) is 0 Å². The minimum absolute atomic E-state index is 0.0101. The third-order valence-corrected chi connectivity index (χ3v) is 3.74. The number of rotatable bonds is 4. The molecule has 108 valence electrons. The first-order valence-corrected chi connectivity index (χ1v) is 6.89. The van der Waals surface area contributed by atoms with Gasteiger partial charge in [-0.1, -0.05) is 24.3 Å². The van der Waals surface area contributed by atoms with Crippen LogP contribution in [-0.2, 0) is 9.59 Å². The quantitative estimate of drug-likeness (QED) is 0.879. The highest BCUT2D eigenvalue weighted by molar-refractivity contribution is 5.92. The van der Waals surface area contributed by atoms with Crippen LogP contribution < -0.4 is 5.73 Å². The van der Waals surface area contributed by atoms with Gasteiger partial charge in [-0.05, 0) is 25.0 Å². The lowest BCUT2D eigenvalue weighted by Crippen LogP contribution is -2.54. The summed E-state index contributed by atoms with van der Waals surface area (Å²) < 4.78 is 0. The summed E-state index contributed by atoms with van der Waals surface area (Å²) in [6.45, 7) is 5.12. The third kappa shape index (κ3) is 2.99. The molecule has 0 bridgehead atoms. The van der Waals surface area contributed by atoms with E-state index >= 15 is 0 Å². The maximum atomic E-state index is 12.0. The SMILES string of the molecule is CCN1CC(=O)N(CC(N)c2ccccc2C)CC1=O. The predicted molar refractivity (Wildman–Crippen MR) is 76.9 cm³/mol. The summed E-state index contributed by atoms with van der Waals surface area (Å²) in [6.07, 6.45) is 0. The number of likely N-dealkylation sites (N-methyl/N-ethyl adjacent to an activating group) is 1. The van der Waals surface area contributed by atoms with E-state index in [9.17, 15) is 9.59 Å². The zero-order valence-electron chi connectivity index (χ0n) is 12.0. The molecule has 5 heteroatoms. The lowest BCUT2D eigenvalue weighted by atomic mass is 10.0. The van der Waals surface area contributed by atoms with Crippen LogP contribution in [0.1, 0.15) is 24.1 Å². The first kappa shape index (κ1) is 14.5. The summed E-state index contributed by atoms with van der Waals surface area (Å²) in [5, 5.41) is 0. The summed E-state index contributed by atoms with van der Waals surface area (Å²) in [7, 11) is 0. The number of piperazine rings is 1. The normalized spacial score (nSPS) is 17.6.